The molecule has 0 aliphatic carbocycles. The van der Waals surface area contributed by atoms with Crippen molar-refractivity contribution in [2.75, 3.05) is 25.7 Å². The third-order valence-corrected chi connectivity index (χ3v) is 3.57. The van der Waals surface area contributed by atoms with Crippen molar-refractivity contribution in [1.29, 1.82) is 0 Å². The lowest BCUT2D eigenvalue weighted by atomic mass is 10.1. The second-order valence-electron chi connectivity index (χ2n) is 5.88. The number of nitrogens with one attached hydrogen (secondary N) is 2. The van der Waals surface area contributed by atoms with E-state index in [1.807, 2.05) is 0 Å². The molecule has 0 bridgehead atoms. The number of hydrogen-bond acceptors (Lipinski definition) is 12. The molecule has 0 spiro atoms. The number of hydrogen-bond donors (Lipinski definition) is 4. The third-order valence-electron chi connectivity index (χ3n) is 3.57. The van der Waals surface area contributed by atoms with Gasteiger partial charge in [-0.25, -0.2) is 0 Å². The van der Waals surface area contributed by atoms with Gasteiger partial charge in [0.1, 0.15) is 11.8 Å². The molecule has 6 N–H and O–H groups in total. The highest BCUT2D eigenvalue weighted by Gasteiger charge is 2.25. The van der Waals surface area contributed by atoms with Crippen LogP contribution >= 0.6 is 0 Å². The Morgan fingerprint density at radius 1 is 0.750 bits per heavy atom. The molecule has 2 rings (SSSR count). The first-order chi connectivity index (χ1) is 15.8. The molecule has 0 heterocycles. The second-order valence-corrected chi connectivity index (χ2v) is 5.88. The molecule has 0 saturated carbocycles. The molecule has 0 unspecified atom stereocenters. The van der Waals surface area contributed by atoms with Crippen LogP contribution in [0.25, 0.3) is 0 Å². The summed E-state index contributed by atoms with van der Waals surface area (Å²) in [5.41, 5.74) is 7.06. The van der Waals surface area contributed by atoms with Crippen molar-refractivity contribution in [2.24, 2.45) is 11.5 Å². The number of anilines is 1. The monoisotopic (exact) mass is 522 g/mol. The summed E-state index contributed by atoms with van der Waals surface area (Å²) in [6, 6.07) is 2.71. The van der Waals surface area contributed by atoms with Crippen LogP contribution in [0, 0.1) is 59.0 Å². The van der Waals surface area contributed by atoms with Crippen molar-refractivity contribution >= 4 is 28.4 Å². The van der Waals surface area contributed by atoms with E-state index in [9.17, 15) is 49.2 Å². The fourth-order valence-corrected chi connectivity index (χ4v) is 2.16. The van der Waals surface area contributed by atoms with Crippen LogP contribution in [0.2, 0.25) is 0 Å². The lowest BCUT2D eigenvalue weighted by molar-refractivity contribution is -0.397. The van der Waals surface area contributed by atoms with Crippen LogP contribution in [0.15, 0.2) is 24.3 Å². The van der Waals surface area contributed by atoms with Crippen molar-refractivity contribution in [3.8, 4) is 0 Å². The van der Waals surface area contributed by atoms with Crippen LogP contribution in [-0.4, -0.2) is 40.1 Å². The fourth-order valence-electron chi connectivity index (χ4n) is 2.16. The maximum absolute atomic E-state index is 12.6. The molecule has 0 aromatic heterocycles. The predicted molar refractivity (Wildman–Crippen MR) is 128 cm³/mol. The molecule has 0 amide bonds. The Hall–Kier alpha value is -4.42. The smallest absolute Gasteiger partial charge is 0.311 e. The Bertz CT molecular complexity index is 1040. The zero-order valence-corrected chi connectivity index (χ0v) is 17.7. The number of rotatable bonds is 7. The summed E-state index contributed by atoms with van der Waals surface area (Å²) < 4.78 is 25.3. The van der Waals surface area contributed by atoms with E-state index >= 15 is 0 Å². The lowest BCUT2D eigenvalue weighted by Crippen LogP contribution is -2.17. The first-order valence-corrected chi connectivity index (χ1v) is 8.82. The number of nitrogens with two attached hydrogens (primary N) is 2. The molecule has 36 heavy (non-hydrogen) atoms. The Morgan fingerprint density at radius 2 is 1.11 bits per heavy atom. The number of benzene rings is 2. The maximum atomic E-state index is 12.6. The van der Waals surface area contributed by atoms with Gasteiger partial charge in [-0.2, -0.15) is 8.78 Å². The first kappa shape index (κ1) is 36.2. The zero-order chi connectivity index (χ0) is 26.6. The minimum Gasteiger partial charge on any atom is -0.367 e. The number of aryl methyl sites for hydroxylation is 1. The Labute approximate surface area is 203 Å². The van der Waals surface area contributed by atoms with Gasteiger partial charge in [0.25, 0.3) is 11.4 Å². The molecule has 0 radical (unpaired) electrons. The molecular weight excluding hydrogens is 494 g/mol. The van der Waals surface area contributed by atoms with E-state index in [2.05, 4.69) is 22.1 Å². The average molecular weight is 522 g/mol. The van der Waals surface area contributed by atoms with E-state index in [0.29, 0.717) is 12.2 Å². The first-order valence-electron chi connectivity index (χ1n) is 8.82. The van der Waals surface area contributed by atoms with Crippen molar-refractivity contribution < 1.29 is 28.5 Å². The van der Waals surface area contributed by atoms with Gasteiger partial charge in [0.2, 0.25) is 11.6 Å². The summed E-state index contributed by atoms with van der Waals surface area (Å²) in [7, 11) is 1.68. The van der Waals surface area contributed by atoms with Crippen molar-refractivity contribution in [2.45, 2.75) is 21.8 Å². The standard InChI is InChI=1S/C9H12N4O4.C6H2F2N2O4.CH6N2.2CH4/c1-6-3-7(11-5-10-2)9(13(16)17)4-8(6)12(14)15;7-3-1-4(8)6(10(13)14)2-5(3)9(11)12;2-1-3;;/h3-4,10-11H,5H2,1-2H3;1-2H;1-3H2;2*1H4. The molecule has 2 aromatic carbocycles. The highest BCUT2D eigenvalue weighted by molar-refractivity contribution is 5.67. The van der Waals surface area contributed by atoms with Gasteiger partial charge in [0, 0.05) is 18.3 Å². The van der Waals surface area contributed by atoms with Crippen molar-refractivity contribution in [3.63, 3.8) is 0 Å². The molecule has 18 heteroatoms. The molecule has 0 fully saturated rings. The number of halogens is 2. The molecular formula is C18H28F2N8O8. The van der Waals surface area contributed by atoms with E-state index in [4.69, 9.17) is 0 Å². The highest BCUT2D eigenvalue weighted by atomic mass is 19.1. The third kappa shape index (κ3) is 10.7. The molecule has 0 saturated heterocycles. The highest BCUT2D eigenvalue weighted by Crippen LogP contribution is 2.32. The van der Waals surface area contributed by atoms with Crippen molar-refractivity contribution in [1.82, 2.24) is 5.32 Å². The largest absolute Gasteiger partial charge is 0.367 e. The minimum atomic E-state index is -1.45. The van der Waals surface area contributed by atoms with E-state index in [-0.39, 0.29) is 50.7 Å². The van der Waals surface area contributed by atoms with Crippen LogP contribution in [-0.2, 0) is 0 Å². The summed E-state index contributed by atoms with van der Waals surface area (Å²) in [4.78, 5) is 38.1. The van der Waals surface area contributed by atoms with Crippen LogP contribution < -0.4 is 22.1 Å². The van der Waals surface area contributed by atoms with Gasteiger partial charge in [0.05, 0.1) is 32.4 Å². The second kappa shape index (κ2) is 17.1. The lowest BCUT2D eigenvalue weighted by Gasteiger charge is -2.07. The molecule has 202 valence electrons. The molecule has 16 nitrogen and oxygen atoms in total. The number of nitro groups is 4. The summed E-state index contributed by atoms with van der Waals surface area (Å²) in [6.07, 6.45) is 0. The van der Waals surface area contributed by atoms with Crippen LogP contribution in [0.3, 0.4) is 0 Å². The van der Waals surface area contributed by atoms with Crippen LogP contribution in [0.1, 0.15) is 20.4 Å². The van der Waals surface area contributed by atoms with Gasteiger partial charge >= 0.3 is 11.4 Å². The van der Waals surface area contributed by atoms with Crippen molar-refractivity contribution in [3.05, 3.63) is 81.9 Å². The van der Waals surface area contributed by atoms with Gasteiger partial charge in [-0.1, -0.05) is 14.9 Å². The van der Waals surface area contributed by atoms with Gasteiger partial charge in [-0.3, -0.25) is 40.5 Å². The van der Waals surface area contributed by atoms with Gasteiger partial charge in [-0.05, 0) is 20.0 Å². The number of nitrogens with zero attached hydrogens (tertiary/aromatic N) is 4. The molecule has 0 aliphatic heterocycles. The van der Waals surface area contributed by atoms with Gasteiger partial charge in [0.15, 0.2) is 0 Å². The summed E-state index contributed by atoms with van der Waals surface area (Å²) in [5.74, 6) is -2.89. The van der Waals surface area contributed by atoms with Gasteiger partial charge < -0.3 is 22.1 Å². The van der Waals surface area contributed by atoms with Crippen LogP contribution in [0.4, 0.5) is 37.2 Å². The normalized spacial score (nSPS) is 9.06. The topological polar surface area (TPSA) is 249 Å². The number of nitro benzene ring substituents is 4. The van der Waals surface area contributed by atoms with E-state index < -0.39 is 42.7 Å². The quantitative estimate of drug-likeness (QED) is 0.232. The minimum absolute atomic E-state index is 0. The zero-order valence-electron chi connectivity index (χ0n) is 17.7. The maximum Gasteiger partial charge on any atom is 0.311 e. The molecule has 0 aliphatic rings. The average Bonchev–Trinajstić information content (AvgIpc) is 2.72. The molecule has 2 aromatic rings. The van der Waals surface area contributed by atoms with Crippen LogP contribution in [0.5, 0.6) is 0 Å². The van der Waals surface area contributed by atoms with Gasteiger partial charge in [-0.15, -0.1) is 0 Å². The van der Waals surface area contributed by atoms with E-state index in [1.165, 1.54) is 13.0 Å². The Morgan fingerprint density at radius 3 is 1.44 bits per heavy atom. The van der Waals surface area contributed by atoms with E-state index in [0.717, 1.165) is 6.07 Å². The Kier molecular flexibility index (Phi) is 17.2. The molecule has 0 atom stereocenters. The fraction of sp³-hybridized carbons (Fsp3) is 0.333. The van der Waals surface area contributed by atoms with E-state index in [1.54, 1.807) is 7.05 Å². The predicted octanol–water partition coefficient (Wildman–Crippen LogP) is 3.31. The summed E-state index contributed by atoms with van der Waals surface area (Å²) >= 11 is 0. The SMILES string of the molecule is C.C.CNCNc1cc(C)c([N+](=O)[O-])cc1[N+](=O)[O-].NCN.O=[N+]([O-])c1cc([N+](=O)[O-])c(F)cc1F. The summed E-state index contributed by atoms with van der Waals surface area (Å²) in [6.45, 7) is 2.12. The Balaban J connectivity index is -0.000000525. The summed E-state index contributed by atoms with van der Waals surface area (Å²) in [5, 5.41) is 47.3.